The van der Waals surface area contributed by atoms with E-state index in [-0.39, 0.29) is 0 Å². The van der Waals surface area contributed by atoms with E-state index in [0.717, 1.165) is 39.7 Å². The van der Waals surface area contributed by atoms with E-state index in [9.17, 15) is 0 Å². The zero-order valence-electron chi connectivity index (χ0n) is 11.6. The van der Waals surface area contributed by atoms with Crippen molar-refractivity contribution in [2.24, 2.45) is 5.16 Å². The molecule has 21 heavy (non-hydrogen) atoms. The third kappa shape index (κ3) is 2.78. The molecular formula is C17H15Cl2NO. The molecule has 2 aromatic rings. The highest BCUT2D eigenvalue weighted by Crippen LogP contribution is 2.39. The monoisotopic (exact) mass is 319 g/mol. The number of hydrogen-bond acceptors (Lipinski definition) is 2. The van der Waals surface area contributed by atoms with Crippen LogP contribution in [0.25, 0.3) is 0 Å². The summed E-state index contributed by atoms with van der Waals surface area (Å²) in [5, 5.41) is 5.74. The Morgan fingerprint density at radius 3 is 2.14 bits per heavy atom. The molecule has 1 heterocycles. The summed E-state index contributed by atoms with van der Waals surface area (Å²) in [6.45, 7) is 2.11. The molecule has 1 aliphatic heterocycles. The average Bonchev–Trinajstić information content (AvgIpc) is 2.94. The fourth-order valence-electron chi connectivity index (χ4n) is 2.58. The van der Waals surface area contributed by atoms with Crippen molar-refractivity contribution in [2.45, 2.75) is 25.4 Å². The third-order valence-corrected chi connectivity index (χ3v) is 4.41. The van der Waals surface area contributed by atoms with Crippen LogP contribution in [0.15, 0.2) is 53.7 Å². The molecule has 0 unspecified atom stereocenters. The molecule has 4 heteroatoms. The van der Waals surface area contributed by atoms with E-state index < -0.39 is 5.60 Å². The van der Waals surface area contributed by atoms with Crippen LogP contribution in [-0.4, -0.2) is 5.71 Å². The smallest absolute Gasteiger partial charge is 0.168 e. The highest BCUT2D eigenvalue weighted by Gasteiger charge is 2.39. The highest BCUT2D eigenvalue weighted by atomic mass is 35.5. The maximum atomic E-state index is 5.96. The van der Waals surface area contributed by atoms with Gasteiger partial charge in [0.1, 0.15) is 0 Å². The topological polar surface area (TPSA) is 21.6 Å². The molecule has 108 valence electrons. The fraction of sp³-hybridized carbons (Fsp3) is 0.235. The Hall–Kier alpha value is -1.51. The number of hydrogen-bond donors (Lipinski definition) is 0. The second-order valence-electron chi connectivity index (χ2n) is 5.17. The lowest BCUT2D eigenvalue weighted by molar-refractivity contribution is -0.0263. The summed E-state index contributed by atoms with van der Waals surface area (Å²) in [5.41, 5.74) is 2.69. The molecule has 0 saturated carbocycles. The number of halogens is 2. The Bertz CT molecular complexity index is 664. The standard InChI is InChI=1S/C17H15Cl2NO/c1-2-17(13-5-9-15(19)10-6-13)11-16(20-21-17)12-3-7-14(18)8-4-12/h3-10H,2,11H2,1H3/t17-/m0/s1. The summed E-state index contributed by atoms with van der Waals surface area (Å²) < 4.78 is 0. The summed E-state index contributed by atoms with van der Waals surface area (Å²) in [7, 11) is 0. The first-order valence-corrected chi connectivity index (χ1v) is 7.65. The fourth-order valence-corrected chi connectivity index (χ4v) is 2.83. The van der Waals surface area contributed by atoms with Crippen molar-refractivity contribution < 1.29 is 4.84 Å². The number of nitrogens with zero attached hydrogens (tertiary/aromatic N) is 1. The molecule has 1 aliphatic rings. The SMILES string of the molecule is CC[C@@]1(c2ccc(Cl)cc2)CC(c2ccc(Cl)cc2)=NO1. The van der Waals surface area contributed by atoms with Crippen LogP contribution >= 0.6 is 23.2 Å². The second kappa shape index (κ2) is 5.70. The Balaban J connectivity index is 1.88. The van der Waals surface area contributed by atoms with Crippen molar-refractivity contribution in [1.29, 1.82) is 0 Å². The first-order valence-electron chi connectivity index (χ1n) is 6.90. The normalized spacial score (nSPS) is 21.0. The zero-order chi connectivity index (χ0) is 14.9. The summed E-state index contributed by atoms with van der Waals surface area (Å²) in [6.07, 6.45) is 1.59. The van der Waals surface area contributed by atoms with Crippen molar-refractivity contribution in [2.75, 3.05) is 0 Å². The van der Waals surface area contributed by atoms with Gasteiger partial charge >= 0.3 is 0 Å². The van der Waals surface area contributed by atoms with E-state index in [1.54, 1.807) is 0 Å². The van der Waals surface area contributed by atoms with Crippen LogP contribution in [0.5, 0.6) is 0 Å². The second-order valence-corrected chi connectivity index (χ2v) is 6.04. The maximum Gasteiger partial charge on any atom is 0.168 e. The maximum absolute atomic E-state index is 5.96. The molecule has 1 atom stereocenters. The molecule has 2 aromatic carbocycles. The van der Waals surface area contributed by atoms with Gasteiger partial charge < -0.3 is 4.84 Å². The van der Waals surface area contributed by atoms with Crippen LogP contribution in [0.2, 0.25) is 10.0 Å². The Morgan fingerprint density at radius 1 is 1.00 bits per heavy atom. The molecule has 2 nitrogen and oxygen atoms in total. The Labute approximate surface area is 134 Å². The first kappa shape index (κ1) is 14.4. The van der Waals surface area contributed by atoms with E-state index >= 15 is 0 Å². The van der Waals surface area contributed by atoms with Crippen molar-refractivity contribution >= 4 is 28.9 Å². The van der Waals surface area contributed by atoms with Gasteiger partial charge in [0.25, 0.3) is 0 Å². The van der Waals surface area contributed by atoms with Gasteiger partial charge in [-0.3, -0.25) is 0 Å². The molecule has 0 saturated heterocycles. The Kier molecular flexibility index (Phi) is 3.92. The molecule has 3 rings (SSSR count). The lowest BCUT2D eigenvalue weighted by Gasteiger charge is -2.25. The molecule has 0 bridgehead atoms. The predicted octanol–water partition coefficient (Wildman–Crippen LogP) is 5.42. The van der Waals surface area contributed by atoms with Crippen LogP contribution in [0, 0.1) is 0 Å². The minimum atomic E-state index is -0.403. The molecule has 0 spiro atoms. The molecule has 0 N–H and O–H groups in total. The number of benzene rings is 2. The molecule has 0 amide bonds. The average molecular weight is 320 g/mol. The summed E-state index contributed by atoms with van der Waals surface area (Å²) in [5.74, 6) is 0. The van der Waals surface area contributed by atoms with Gasteiger partial charge in [-0.2, -0.15) is 0 Å². The van der Waals surface area contributed by atoms with Gasteiger partial charge in [0, 0.05) is 16.5 Å². The van der Waals surface area contributed by atoms with E-state index in [2.05, 4.69) is 12.1 Å². The number of oxime groups is 1. The van der Waals surface area contributed by atoms with Crippen molar-refractivity contribution in [3.05, 3.63) is 69.7 Å². The number of rotatable bonds is 3. The quantitative estimate of drug-likeness (QED) is 0.739. The molecule has 0 aliphatic carbocycles. The van der Waals surface area contributed by atoms with E-state index in [0.29, 0.717) is 0 Å². The predicted molar refractivity (Wildman–Crippen MR) is 87.1 cm³/mol. The lowest BCUT2D eigenvalue weighted by Crippen LogP contribution is -2.25. The Morgan fingerprint density at radius 2 is 1.57 bits per heavy atom. The van der Waals surface area contributed by atoms with Gasteiger partial charge in [0.2, 0.25) is 0 Å². The van der Waals surface area contributed by atoms with Crippen LogP contribution in [-0.2, 0) is 10.4 Å². The molecule has 0 aromatic heterocycles. The van der Waals surface area contributed by atoms with Gasteiger partial charge in [-0.25, -0.2) is 0 Å². The van der Waals surface area contributed by atoms with Gasteiger partial charge in [0.05, 0.1) is 5.71 Å². The lowest BCUT2D eigenvalue weighted by atomic mass is 9.85. The van der Waals surface area contributed by atoms with Gasteiger partial charge in [-0.05, 0) is 41.8 Å². The van der Waals surface area contributed by atoms with Crippen molar-refractivity contribution in [3.8, 4) is 0 Å². The van der Waals surface area contributed by atoms with E-state index in [4.69, 9.17) is 28.0 Å². The minimum Gasteiger partial charge on any atom is -0.384 e. The summed E-state index contributed by atoms with van der Waals surface area (Å²) in [6, 6.07) is 15.5. The van der Waals surface area contributed by atoms with E-state index in [1.165, 1.54) is 0 Å². The van der Waals surface area contributed by atoms with Gasteiger partial charge in [0.15, 0.2) is 5.60 Å². The summed E-state index contributed by atoms with van der Waals surface area (Å²) >= 11 is 11.9. The van der Waals surface area contributed by atoms with Crippen LogP contribution in [0.3, 0.4) is 0 Å². The molecule has 0 fully saturated rings. The minimum absolute atomic E-state index is 0.403. The van der Waals surface area contributed by atoms with Crippen LogP contribution < -0.4 is 0 Å². The highest BCUT2D eigenvalue weighted by molar-refractivity contribution is 6.30. The zero-order valence-corrected chi connectivity index (χ0v) is 13.2. The summed E-state index contributed by atoms with van der Waals surface area (Å²) in [4.78, 5) is 5.82. The molecular weight excluding hydrogens is 305 g/mol. The van der Waals surface area contributed by atoms with Crippen LogP contribution in [0.1, 0.15) is 30.9 Å². The van der Waals surface area contributed by atoms with Gasteiger partial charge in [-0.1, -0.05) is 59.5 Å². The third-order valence-electron chi connectivity index (χ3n) is 3.90. The van der Waals surface area contributed by atoms with Crippen molar-refractivity contribution in [1.82, 2.24) is 0 Å². The van der Waals surface area contributed by atoms with Crippen molar-refractivity contribution in [3.63, 3.8) is 0 Å². The van der Waals surface area contributed by atoms with E-state index in [1.807, 2.05) is 48.5 Å². The largest absolute Gasteiger partial charge is 0.384 e. The van der Waals surface area contributed by atoms with Crippen LogP contribution in [0.4, 0.5) is 0 Å². The van der Waals surface area contributed by atoms with Gasteiger partial charge in [-0.15, -0.1) is 0 Å². The first-order chi connectivity index (χ1) is 10.1. The molecule has 0 radical (unpaired) electrons.